The monoisotopic (exact) mass is 401 g/mol. The van der Waals surface area contributed by atoms with Crippen LogP contribution < -0.4 is 9.64 Å². The van der Waals surface area contributed by atoms with E-state index in [1.807, 2.05) is 4.90 Å². The first-order valence-corrected chi connectivity index (χ1v) is 9.06. The summed E-state index contributed by atoms with van der Waals surface area (Å²) >= 11 is 0. The van der Waals surface area contributed by atoms with Crippen molar-refractivity contribution >= 4 is 23.1 Å². The minimum Gasteiger partial charge on any atom is -0.477 e. The van der Waals surface area contributed by atoms with Gasteiger partial charge in [-0.2, -0.15) is 0 Å². The third-order valence-electron chi connectivity index (χ3n) is 4.74. The number of nitro benzene ring substituents is 1. The molecule has 0 bridgehead atoms. The van der Waals surface area contributed by atoms with Crippen molar-refractivity contribution in [2.45, 2.75) is 6.92 Å². The van der Waals surface area contributed by atoms with Gasteiger partial charge in [-0.3, -0.25) is 19.7 Å². The van der Waals surface area contributed by atoms with Crippen LogP contribution >= 0.6 is 0 Å². The van der Waals surface area contributed by atoms with Gasteiger partial charge in [-0.15, -0.1) is 0 Å². The summed E-state index contributed by atoms with van der Waals surface area (Å²) < 4.78 is 19.7. The van der Waals surface area contributed by atoms with Crippen molar-refractivity contribution < 1.29 is 23.6 Å². The molecule has 0 aliphatic carbocycles. The van der Waals surface area contributed by atoms with Crippen LogP contribution in [-0.4, -0.2) is 54.3 Å². The van der Waals surface area contributed by atoms with Crippen molar-refractivity contribution in [3.63, 3.8) is 0 Å². The average Bonchev–Trinajstić information content (AvgIpc) is 2.72. The Bertz CT molecular complexity index is 941. The van der Waals surface area contributed by atoms with Crippen molar-refractivity contribution in [3.05, 3.63) is 64.0 Å². The molecule has 1 fully saturated rings. The largest absolute Gasteiger partial charge is 0.477 e. The smallest absolute Gasteiger partial charge is 0.310 e. The molecule has 1 aliphatic rings. The Balaban J connectivity index is 1.56. The van der Waals surface area contributed by atoms with E-state index in [9.17, 15) is 24.1 Å². The van der Waals surface area contributed by atoms with Crippen molar-refractivity contribution in [2.75, 3.05) is 37.7 Å². The quantitative estimate of drug-likeness (QED) is 0.420. The number of carbonyl (C=O) groups excluding carboxylic acids is 2. The number of hydrogen-bond donors (Lipinski definition) is 0. The maximum absolute atomic E-state index is 14.3. The van der Waals surface area contributed by atoms with Crippen LogP contribution in [0, 0.1) is 15.9 Å². The van der Waals surface area contributed by atoms with Crippen LogP contribution in [0.5, 0.6) is 5.75 Å². The summed E-state index contributed by atoms with van der Waals surface area (Å²) in [6.07, 6.45) is 0. The Hall–Kier alpha value is -3.49. The molecule has 152 valence electrons. The Morgan fingerprint density at radius 3 is 2.45 bits per heavy atom. The summed E-state index contributed by atoms with van der Waals surface area (Å²) in [5.41, 5.74) is 0.500. The van der Waals surface area contributed by atoms with Crippen LogP contribution in [0.2, 0.25) is 0 Å². The lowest BCUT2D eigenvalue weighted by atomic mass is 10.1. The summed E-state index contributed by atoms with van der Waals surface area (Å²) in [4.78, 5) is 37.6. The molecule has 0 aromatic heterocycles. The van der Waals surface area contributed by atoms with Crippen LogP contribution in [-0.2, 0) is 4.79 Å². The highest BCUT2D eigenvalue weighted by molar-refractivity contribution is 5.94. The predicted molar refractivity (Wildman–Crippen MR) is 104 cm³/mol. The molecule has 0 unspecified atom stereocenters. The number of rotatable bonds is 6. The van der Waals surface area contributed by atoms with E-state index in [2.05, 4.69) is 0 Å². The van der Waals surface area contributed by atoms with E-state index in [0.29, 0.717) is 37.4 Å². The Kier molecular flexibility index (Phi) is 6.06. The number of piperazine rings is 1. The molecule has 9 heteroatoms. The second-order valence-corrected chi connectivity index (χ2v) is 6.60. The summed E-state index contributed by atoms with van der Waals surface area (Å²) in [5.74, 6) is -0.936. The van der Waals surface area contributed by atoms with Crippen molar-refractivity contribution in [1.29, 1.82) is 0 Å². The van der Waals surface area contributed by atoms with Crippen molar-refractivity contribution in [3.8, 4) is 5.75 Å². The van der Waals surface area contributed by atoms with E-state index in [4.69, 9.17) is 4.74 Å². The maximum Gasteiger partial charge on any atom is 0.310 e. The van der Waals surface area contributed by atoms with Gasteiger partial charge in [0, 0.05) is 37.8 Å². The molecule has 29 heavy (non-hydrogen) atoms. The molecule has 0 spiro atoms. The first kappa shape index (κ1) is 20.2. The zero-order valence-corrected chi connectivity index (χ0v) is 15.8. The molecule has 1 aliphatic heterocycles. The first-order valence-electron chi connectivity index (χ1n) is 9.06. The van der Waals surface area contributed by atoms with E-state index in [-0.39, 0.29) is 29.7 Å². The third kappa shape index (κ3) is 4.68. The number of para-hydroxylation sites is 2. The van der Waals surface area contributed by atoms with Crippen LogP contribution in [0.25, 0.3) is 0 Å². The summed E-state index contributed by atoms with van der Waals surface area (Å²) in [6, 6.07) is 10.2. The van der Waals surface area contributed by atoms with E-state index in [1.54, 1.807) is 23.1 Å². The molecule has 2 aromatic rings. The number of amides is 1. The molecule has 0 saturated carbocycles. The van der Waals surface area contributed by atoms with Gasteiger partial charge in [0.1, 0.15) is 5.82 Å². The Morgan fingerprint density at radius 1 is 1.14 bits per heavy atom. The highest BCUT2D eigenvalue weighted by Gasteiger charge is 2.24. The molecular formula is C20H20FN3O5. The van der Waals surface area contributed by atoms with Gasteiger partial charge < -0.3 is 14.5 Å². The zero-order valence-electron chi connectivity index (χ0n) is 15.8. The number of nitro groups is 1. The van der Waals surface area contributed by atoms with Gasteiger partial charge in [-0.25, -0.2) is 4.39 Å². The molecular weight excluding hydrogens is 381 g/mol. The molecule has 3 rings (SSSR count). The van der Waals surface area contributed by atoms with Gasteiger partial charge in [0.2, 0.25) is 0 Å². The van der Waals surface area contributed by atoms with Gasteiger partial charge in [0.15, 0.2) is 18.1 Å². The standard InChI is InChI=1S/C20H20FN3O5/c1-14(25)15-6-7-17(16(21)12-15)22-8-10-23(11-9-22)20(26)13-29-19-5-3-2-4-18(19)24(27)28/h2-7,12H,8-11,13H2,1H3. The highest BCUT2D eigenvalue weighted by atomic mass is 19.1. The lowest BCUT2D eigenvalue weighted by molar-refractivity contribution is -0.385. The number of anilines is 1. The fourth-order valence-corrected chi connectivity index (χ4v) is 3.14. The van der Waals surface area contributed by atoms with Crippen LogP contribution in [0.4, 0.5) is 15.8 Å². The summed E-state index contributed by atoms with van der Waals surface area (Å²) in [6.45, 7) is 2.65. The van der Waals surface area contributed by atoms with E-state index >= 15 is 0 Å². The molecule has 1 amide bonds. The first-order chi connectivity index (χ1) is 13.9. The van der Waals surface area contributed by atoms with Gasteiger partial charge in [0.05, 0.1) is 10.6 Å². The molecule has 2 aromatic carbocycles. The van der Waals surface area contributed by atoms with E-state index in [1.165, 1.54) is 31.2 Å². The SMILES string of the molecule is CC(=O)c1ccc(N2CCN(C(=O)COc3ccccc3[N+](=O)[O-])CC2)c(F)c1. The topological polar surface area (TPSA) is 93.0 Å². The Morgan fingerprint density at radius 2 is 1.83 bits per heavy atom. The van der Waals surface area contributed by atoms with Gasteiger partial charge in [0.25, 0.3) is 5.91 Å². The van der Waals surface area contributed by atoms with E-state index in [0.717, 1.165) is 0 Å². The third-order valence-corrected chi connectivity index (χ3v) is 4.74. The fourth-order valence-electron chi connectivity index (χ4n) is 3.14. The van der Waals surface area contributed by atoms with Crippen LogP contribution in [0.15, 0.2) is 42.5 Å². The number of benzene rings is 2. The molecule has 1 saturated heterocycles. The average molecular weight is 401 g/mol. The number of hydrogen-bond acceptors (Lipinski definition) is 6. The Labute approximate surface area is 166 Å². The second-order valence-electron chi connectivity index (χ2n) is 6.60. The fraction of sp³-hybridized carbons (Fsp3) is 0.300. The lowest BCUT2D eigenvalue weighted by Crippen LogP contribution is -2.50. The number of carbonyl (C=O) groups is 2. The van der Waals surface area contributed by atoms with Crippen molar-refractivity contribution in [2.24, 2.45) is 0 Å². The summed E-state index contributed by atoms with van der Waals surface area (Å²) in [7, 11) is 0. The minimum atomic E-state index is -0.565. The van der Waals surface area contributed by atoms with Crippen molar-refractivity contribution in [1.82, 2.24) is 4.90 Å². The predicted octanol–water partition coefficient (Wildman–Crippen LogP) is 2.66. The van der Waals surface area contributed by atoms with Gasteiger partial charge >= 0.3 is 5.69 Å². The molecule has 0 N–H and O–H groups in total. The second kappa shape index (κ2) is 8.68. The molecule has 0 radical (unpaired) electrons. The molecule has 0 atom stereocenters. The maximum atomic E-state index is 14.3. The van der Waals surface area contributed by atoms with Crippen LogP contribution in [0.1, 0.15) is 17.3 Å². The molecule has 8 nitrogen and oxygen atoms in total. The van der Waals surface area contributed by atoms with Gasteiger partial charge in [-0.1, -0.05) is 12.1 Å². The highest BCUT2D eigenvalue weighted by Crippen LogP contribution is 2.26. The van der Waals surface area contributed by atoms with E-state index < -0.39 is 10.7 Å². The van der Waals surface area contributed by atoms with Crippen LogP contribution in [0.3, 0.4) is 0 Å². The number of Topliss-reactive ketones (excluding diaryl/α,β-unsaturated/α-hetero) is 1. The zero-order chi connectivity index (χ0) is 21.0. The van der Waals surface area contributed by atoms with Gasteiger partial charge in [-0.05, 0) is 31.2 Å². The molecule has 1 heterocycles. The number of nitrogens with zero attached hydrogens (tertiary/aromatic N) is 3. The number of ketones is 1. The number of ether oxygens (including phenoxy) is 1. The normalized spacial score (nSPS) is 13.9. The lowest BCUT2D eigenvalue weighted by Gasteiger charge is -2.36. The summed E-state index contributed by atoms with van der Waals surface area (Å²) in [5, 5.41) is 11.0. The minimum absolute atomic E-state index is 0.0390. The number of halogens is 1.